The lowest BCUT2D eigenvalue weighted by Crippen LogP contribution is -2.12. The van der Waals surface area contributed by atoms with Gasteiger partial charge in [0, 0.05) is 11.2 Å². The zero-order valence-corrected chi connectivity index (χ0v) is 11.6. The van der Waals surface area contributed by atoms with Crippen LogP contribution in [0.15, 0.2) is 30.4 Å². The van der Waals surface area contributed by atoms with Gasteiger partial charge in [0.25, 0.3) is 0 Å². The van der Waals surface area contributed by atoms with E-state index >= 15 is 0 Å². The van der Waals surface area contributed by atoms with Crippen LogP contribution in [0.25, 0.3) is 0 Å². The van der Waals surface area contributed by atoms with Crippen LogP contribution in [-0.4, -0.2) is 23.0 Å². The molecule has 4 nitrogen and oxygen atoms in total. The monoisotopic (exact) mass is 308 g/mol. The Morgan fingerprint density at radius 2 is 2.33 bits per heavy atom. The molecule has 94 valence electrons. The van der Waals surface area contributed by atoms with Crippen molar-refractivity contribution in [3.63, 3.8) is 0 Å². The highest BCUT2D eigenvalue weighted by Gasteiger charge is 2.17. The van der Waals surface area contributed by atoms with Crippen LogP contribution in [0.4, 0.5) is 0 Å². The Morgan fingerprint density at radius 1 is 1.50 bits per heavy atom. The predicted octanol–water partition coefficient (Wildman–Crippen LogP) is 2.76. The molecule has 1 unspecified atom stereocenters. The first-order valence-electron chi connectivity index (χ1n) is 5.60. The normalized spacial score (nSPS) is 17.8. The number of aromatic nitrogens is 2. The van der Waals surface area contributed by atoms with Gasteiger partial charge in [0.2, 0.25) is 0 Å². The van der Waals surface area contributed by atoms with Gasteiger partial charge in [0.15, 0.2) is 5.69 Å². The quantitative estimate of drug-likeness (QED) is 0.636. The first-order valence-corrected chi connectivity index (χ1v) is 6.72. The van der Waals surface area contributed by atoms with E-state index in [9.17, 15) is 4.79 Å². The highest BCUT2D eigenvalue weighted by molar-refractivity contribution is 9.08. The van der Waals surface area contributed by atoms with Crippen molar-refractivity contribution < 1.29 is 9.53 Å². The van der Waals surface area contributed by atoms with E-state index in [4.69, 9.17) is 4.74 Å². The average molecular weight is 309 g/mol. The minimum atomic E-state index is -0.434. The minimum Gasteiger partial charge on any atom is -0.464 e. The van der Waals surface area contributed by atoms with E-state index in [1.54, 1.807) is 6.07 Å². The zero-order valence-electron chi connectivity index (χ0n) is 9.97. The molecule has 0 N–H and O–H groups in total. The number of carbonyl (C=O) groups excluding carboxylic acids is 1. The molecule has 1 aromatic heterocycles. The van der Waals surface area contributed by atoms with Gasteiger partial charge in [-0.15, -0.1) is 0 Å². The molecule has 1 aliphatic rings. The fraction of sp³-hybridized carbons (Fsp3) is 0.308. The Hall–Kier alpha value is -1.49. The van der Waals surface area contributed by atoms with Gasteiger partial charge in [0.05, 0.1) is 12.8 Å². The van der Waals surface area contributed by atoms with E-state index in [0.29, 0.717) is 16.8 Å². The molecule has 0 fully saturated rings. The Balaban J connectivity index is 2.37. The van der Waals surface area contributed by atoms with Crippen molar-refractivity contribution in [2.45, 2.75) is 17.7 Å². The molecule has 1 atom stereocenters. The molecule has 0 radical (unpaired) electrons. The molecule has 0 bridgehead atoms. The summed E-state index contributed by atoms with van der Waals surface area (Å²) in [6, 6.07) is 1.65. The first kappa shape index (κ1) is 13.0. The number of carbonyl (C=O) groups is 1. The van der Waals surface area contributed by atoms with Crippen LogP contribution in [0.2, 0.25) is 0 Å². The fourth-order valence-corrected chi connectivity index (χ4v) is 2.02. The van der Waals surface area contributed by atoms with Crippen molar-refractivity contribution in [3.8, 4) is 0 Å². The van der Waals surface area contributed by atoms with Crippen LogP contribution >= 0.6 is 15.9 Å². The lowest BCUT2D eigenvalue weighted by atomic mass is 10.00. The van der Waals surface area contributed by atoms with E-state index in [1.807, 2.05) is 18.2 Å². The summed E-state index contributed by atoms with van der Waals surface area (Å²) < 4.78 is 4.70. The van der Waals surface area contributed by atoms with E-state index in [-0.39, 0.29) is 5.92 Å². The highest BCUT2D eigenvalue weighted by Crippen LogP contribution is 2.22. The lowest BCUT2D eigenvalue weighted by molar-refractivity contribution is 0.0593. The van der Waals surface area contributed by atoms with Gasteiger partial charge in [0.1, 0.15) is 5.82 Å². The van der Waals surface area contributed by atoms with E-state index in [1.165, 1.54) is 7.11 Å². The number of halogens is 1. The van der Waals surface area contributed by atoms with Crippen LogP contribution in [0, 0.1) is 0 Å². The maximum Gasteiger partial charge on any atom is 0.356 e. The van der Waals surface area contributed by atoms with Crippen molar-refractivity contribution >= 4 is 21.9 Å². The molecular formula is C13H13BrN2O2. The first-order chi connectivity index (χ1) is 8.74. The number of esters is 1. The van der Waals surface area contributed by atoms with Crippen LogP contribution < -0.4 is 0 Å². The fourth-order valence-electron chi connectivity index (χ4n) is 1.73. The Labute approximate surface area is 114 Å². The summed E-state index contributed by atoms with van der Waals surface area (Å²) in [4.78, 5) is 20.3. The predicted molar refractivity (Wildman–Crippen MR) is 71.6 cm³/mol. The van der Waals surface area contributed by atoms with Gasteiger partial charge in [-0.25, -0.2) is 14.8 Å². The summed E-state index contributed by atoms with van der Waals surface area (Å²) in [5.74, 6) is 0.349. The van der Waals surface area contributed by atoms with E-state index < -0.39 is 5.97 Å². The smallest absolute Gasteiger partial charge is 0.356 e. The molecule has 1 heterocycles. The van der Waals surface area contributed by atoms with Crippen molar-refractivity contribution in [2.24, 2.45) is 0 Å². The number of rotatable bonds is 3. The molecule has 0 saturated carbocycles. The Kier molecular flexibility index (Phi) is 4.25. The number of ether oxygens (including phenoxy) is 1. The zero-order chi connectivity index (χ0) is 13.0. The SMILES string of the molecule is COC(=O)c1cc(CBr)nc(C2C=CC=CC2)n1. The van der Waals surface area contributed by atoms with Crippen LogP contribution in [-0.2, 0) is 10.1 Å². The van der Waals surface area contributed by atoms with Crippen molar-refractivity contribution in [1.82, 2.24) is 9.97 Å². The summed E-state index contributed by atoms with van der Waals surface area (Å²) in [7, 11) is 1.35. The number of nitrogens with zero attached hydrogens (tertiary/aromatic N) is 2. The van der Waals surface area contributed by atoms with Gasteiger partial charge in [-0.05, 0) is 12.5 Å². The van der Waals surface area contributed by atoms with Gasteiger partial charge >= 0.3 is 5.97 Å². The highest BCUT2D eigenvalue weighted by atomic mass is 79.9. The number of alkyl halides is 1. The van der Waals surface area contributed by atoms with Crippen molar-refractivity contribution in [1.29, 1.82) is 0 Å². The second-order valence-electron chi connectivity index (χ2n) is 3.88. The topological polar surface area (TPSA) is 52.1 Å². The molecule has 0 amide bonds. The Morgan fingerprint density at radius 3 is 2.94 bits per heavy atom. The molecule has 0 aromatic carbocycles. The molecule has 18 heavy (non-hydrogen) atoms. The van der Waals surface area contributed by atoms with Crippen LogP contribution in [0.3, 0.4) is 0 Å². The molecule has 0 saturated heterocycles. The molecule has 1 aliphatic carbocycles. The Bertz CT molecular complexity index is 512. The lowest BCUT2D eigenvalue weighted by Gasteiger charge is -2.13. The summed E-state index contributed by atoms with van der Waals surface area (Å²) in [5.41, 5.74) is 1.09. The van der Waals surface area contributed by atoms with E-state index in [0.717, 1.165) is 12.1 Å². The third kappa shape index (κ3) is 2.85. The van der Waals surface area contributed by atoms with Crippen molar-refractivity contribution in [2.75, 3.05) is 7.11 Å². The van der Waals surface area contributed by atoms with Gasteiger partial charge in [-0.1, -0.05) is 40.2 Å². The third-order valence-corrected chi connectivity index (χ3v) is 3.21. The molecular weight excluding hydrogens is 296 g/mol. The minimum absolute atomic E-state index is 0.123. The van der Waals surface area contributed by atoms with Crippen LogP contribution in [0.5, 0.6) is 0 Å². The number of hydrogen-bond acceptors (Lipinski definition) is 4. The van der Waals surface area contributed by atoms with Gasteiger partial charge in [-0.3, -0.25) is 0 Å². The summed E-state index contributed by atoms with van der Waals surface area (Å²) >= 11 is 3.35. The largest absolute Gasteiger partial charge is 0.464 e. The third-order valence-electron chi connectivity index (χ3n) is 2.64. The average Bonchev–Trinajstić information content (AvgIpc) is 2.46. The molecule has 5 heteroatoms. The second kappa shape index (κ2) is 5.91. The van der Waals surface area contributed by atoms with Gasteiger partial charge < -0.3 is 4.74 Å². The second-order valence-corrected chi connectivity index (χ2v) is 4.44. The maximum absolute atomic E-state index is 11.6. The summed E-state index contributed by atoms with van der Waals surface area (Å²) in [6.07, 6.45) is 8.91. The van der Waals surface area contributed by atoms with Gasteiger partial charge in [-0.2, -0.15) is 0 Å². The molecule has 0 spiro atoms. The standard InChI is InChI=1S/C13H13BrN2O2/c1-18-13(17)11-7-10(8-14)15-12(16-11)9-5-3-2-4-6-9/h2-5,7,9H,6,8H2,1H3. The van der Waals surface area contributed by atoms with E-state index in [2.05, 4.69) is 32.0 Å². The maximum atomic E-state index is 11.6. The number of hydrogen-bond donors (Lipinski definition) is 0. The summed E-state index contributed by atoms with van der Waals surface area (Å²) in [5, 5.41) is 0.582. The number of methoxy groups -OCH3 is 1. The molecule has 2 rings (SSSR count). The number of allylic oxidation sites excluding steroid dienone is 4. The summed E-state index contributed by atoms with van der Waals surface area (Å²) in [6.45, 7) is 0. The molecule has 0 aliphatic heterocycles. The molecule has 1 aromatic rings. The van der Waals surface area contributed by atoms with Crippen LogP contribution in [0.1, 0.15) is 34.3 Å². The van der Waals surface area contributed by atoms with Crippen molar-refractivity contribution in [3.05, 3.63) is 47.6 Å².